The van der Waals surface area contributed by atoms with Gasteiger partial charge < -0.3 is 9.30 Å². The van der Waals surface area contributed by atoms with Crippen LogP contribution in [-0.2, 0) is 12.7 Å². The predicted molar refractivity (Wildman–Crippen MR) is 102 cm³/mol. The maximum Gasteiger partial charge on any atom is 0.416 e. The molecule has 0 aliphatic heterocycles. The van der Waals surface area contributed by atoms with E-state index in [9.17, 15) is 17.6 Å². The van der Waals surface area contributed by atoms with Gasteiger partial charge in [0.25, 0.3) is 0 Å². The molecule has 4 rings (SSSR count). The number of imidazole rings is 1. The number of benzene rings is 3. The molecule has 148 valence electrons. The van der Waals surface area contributed by atoms with Gasteiger partial charge in [0, 0.05) is 17.2 Å². The molecule has 0 fully saturated rings. The minimum atomic E-state index is -4.42. The molecule has 3 nitrogen and oxygen atoms in total. The van der Waals surface area contributed by atoms with E-state index in [1.807, 2.05) is 0 Å². The van der Waals surface area contributed by atoms with E-state index in [1.165, 1.54) is 25.3 Å². The molecule has 0 aliphatic carbocycles. The first-order chi connectivity index (χ1) is 13.9. The van der Waals surface area contributed by atoms with Gasteiger partial charge in [-0.3, -0.25) is 0 Å². The number of hydrogen-bond acceptors (Lipinski definition) is 2. The van der Waals surface area contributed by atoms with Crippen molar-refractivity contribution in [3.63, 3.8) is 0 Å². The number of methoxy groups -OCH3 is 1. The summed E-state index contributed by atoms with van der Waals surface area (Å²) < 4.78 is 60.0. The average molecular weight is 400 g/mol. The Bertz CT molecular complexity index is 1160. The first-order valence-electron chi connectivity index (χ1n) is 8.82. The number of fused-ring (bicyclic) bond motifs is 1. The van der Waals surface area contributed by atoms with Crippen molar-refractivity contribution in [2.45, 2.75) is 12.7 Å². The Balaban J connectivity index is 1.87. The van der Waals surface area contributed by atoms with Crippen LogP contribution >= 0.6 is 0 Å². The molecule has 3 aromatic carbocycles. The van der Waals surface area contributed by atoms with Crippen LogP contribution in [0.3, 0.4) is 0 Å². The van der Waals surface area contributed by atoms with Gasteiger partial charge in [0.1, 0.15) is 17.4 Å². The Morgan fingerprint density at radius 1 is 0.966 bits per heavy atom. The molecule has 0 aliphatic rings. The topological polar surface area (TPSA) is 27.1 Å². The molecule has 1 aromatic heterocycles. The van der Waals surface area contributed by atoms with E-state index in [1.54, 1.807) is 41.0 Å². The normalized spacial score (nSPS) is 11.8. The van der Waals surface area contributed by atoms with E-state index in [-0.39, 0.29) is 12.4 Å². The number of rotatable bonds is 4. The molecule has 0 N–H and O–H groups in total. The van der Waals surface area contributed by atoms with Crippen LogP contribution in [0, 0.1) is 5.82 Å². The lowest BCUT2D eigenvalue weighted by Gasteiger charge is -2.12. The second-order valence-corrected chi connectivity index (χ2v) is 6.54. The maximum atomic E-state index is 14.2. The fourth-order valence-electron chi connectivity index (χ4n) is 3.22. The van der Waals surface area contributed by atoms with Gasteiger partial charge in [-0.2, -0.15) is 13.2 Å². The Morgan fingerprint density at radius 3 is 2.34 bits per heavy atom. The van der Waals surface area contributed by atoms with Crippen molar-refractivity contribution in [3.8, 4) is 17.1 Å². The number of ether oxygens (including phenoxy) is 1. The highest BCUT2D eigenvalue weighted by Gasteiger charge is 2.30. The number of alkyl halides is 3. The van der Waals surface area contributed by atoms with Gasteiger partial charge in [0.2, 0.25) is 0 Å². The quantitative estimate of drug-likeness (QED) is 0.398. The summed E-state index contributed by atoms with van der Waals surface area (Å²) in [5.41, 5.74) is 1.56. The van der Waals surface area contributed by atoms with Crippen molar-refractivity contribution in [2.24, 2.45) is 0 Å². The fraction of sp³-hybridized carbons (Fsp3) is 0.136. The SMILES string of the molecule is COc1ccc2c(c1)nc(-c1ccc(C(F)(F)F)cc1)n2Cc1ccccc1F. The van der Waals surface area contributed by atoms with Crippen molar-refractivity contribution in [2.75, 3.05) is 7.11 Å². The molecule has 0 saturated carbocycles. The van der Waals surface area contributed by atoms with E-state index < -0.39 is 11.7 Å². The molecule has 0 bridgehead atoms. The van der Waals surface area contributed by atoms with E-state index in [2.05, 4.69) is 4.98 Å². The molecule has 0 amide bonds. The van der Waals surface area contributed by atoms with E-state index in [0.29, 0.717) is 28.2 Å². The average Bonchev–Trinajstić information content (AvgIpc) is 3.06. The third-order valence-corrected chi connectivity index (χ3v) is 4.71. The van der Waals surface area contributed by atoms with Crippen LogP contribution in [0.1, 0.15) is 11.1 Å². The minimum absolute atomic E-state index is 0.186. The van der Waals surface area contributed by atoms with Crippen molar-refractivity contribution in [3.05, 3.63) is 83.7 Å². The summed E-state index contributed by atoms with van der Waals surface area (Å²) in [5, 5.41) is 0. The monoisotopic (exact) mass is 400 g/mol. The van der Waals surface area contributed by atoms with Gasteiger partial charge in [0.15, 0.2) is 0 Å². The zero-order valence-corrected chi connectivity index (χ0v) is 15.4. The third kappa shape index (κ3) is 3.68. The van der Waals surface area contributed by atoms with Crippen molar-refractivity contribution >= 4 is 11.0 Å². The highest BCUT2D eigenvalue weighted by Crippen LogP contribution is 2.33. The number of aromatic nitrogens is 2. The van der Waals surface area contributed by atoms with E-state index in [4.69, 9.17) is 4.74 Å². The van der Waals surface area contributed by atoms with Gasteiger partial charge in [-0.1, -0.05) is 30.3 Å². The number of nitrogens with zero attached hydrogens (tertiary/aromatic N) is 2. The van der Waals surface area contributed by atoms with Crippen LogP contribution in [-0.4, -0.2) is 16.7 Å². The summed E-state index contributed by atoms with van der Waals surface area (Å²) in [6.45, 7) is 0.186. The standard InChI is InChI=1S/C22H16F4N2O/c1-29-17-10-11-20-19(12-17)27-21(14-6-8-16(9-7-14)22(24,25)26)28(20)13-15-4-2-3-5-18(15)23/h2-12H,13H2,1H3. The van der Waals surface area contributed by atoms with Crippen LogP contribution in [0.2, 0.25) is 0 Å². The summed E-state index contributed by atoms with van der Waals surface area (Å²) in [6.07, 6.45) is -4.42. The van der Waals surface area contributed by atoms with Gasteiger partial charge >= 0.3 is 6.18 Å². The van der Waals surface area contributed by atoms with Crippen LogP contribution in [0.15, 0.2) is 66.7 Å². The zero-order chi connectivity index (χ0) is 20.6. The molecule has 1 heterocycles. The summed E-state index contributed by atoms with van der Waals surface area (Å²) in [6, 6.07) is 16.5. The minimum Gasteiger partial charge on any atom is -0.497 e. The van der Waals surface area contributed by atoms with Crippen molar-refractivity contribution in [1.29, 1.82) is 0 Å². The molecule has 4 aromatic rings. The lowest BCUT2D eigenvalue weighted by molar-refractivity contribution is -0.137. The molecule has 29 heavy (non-hydrogen) atoms. The second-order valence-electron chi connectivity index (χ2n) is 6.54. The predicted octanol–water partition coefficient (Wildman–Crippen LogP) is 5.92. The third-order valence-electron chi connectivity index (χ3n) is 4.71. The van der Waals surface area contributed by atoms with Crippen molar-refractivity contribution in [1.82, 2.24) is 9.55 Å². The van der Waals surface area contributed by atoms with Crippen LogP contribution in [0.4, 0.5) is 17.6 Å². The van der Waals surface area contributed by atoms with Gasteiger partial charge in [0.05, 0.1) is 30.3 Å². The smallest absolute Gasteiger partial charge is 0.416 e. The van der Waals surface area contributed by atoms with Crippen LogP contribution in [0.5, 0.6) is 5.75 Å². The molecule has 0 spiro atoms. The molecular weight excluding hydrogens is 384 g/mol. The summed E-state index contributed by atoms with van der Waals surface area (Å²) in [5.74, 6) is 0.693. The fourth-order valence-corrected chi connectivity index (χ4v) is 3.22. The largest absolute Gasteiger partial charge is 0.497 e. The van der Waals surface area contributed by atoms with Gasteiger partial charge in [-0.05, 0) is 30.3 Å². The summed E-state index contributed by atoms with van der Waals surface area (Å²) in [4.78, 5) is 4.59. The van der Waals surface area contributed by atoms with Gasteiger partial charge in [-0.25, -0.2) is 9.37 Å². The highest BCUT2D eigenvalue weighted by molar-refractivity contribution is 5.82. The molecule has 0 radical (unpaired) electrons. The van der Waals surface area contributed by atoms with E-state index >= 15 is 0 Å². The Hall–Kier alpha value is -3.35. The Kier molecular flexibility index (Phi) is 4.74. The molecular formula is C22H16F4N2O. The van der Waals surface area contributed by atoms with Crippen LogP contribution in [0.25, 0.3) is 22.4 Å². The Labute approximate surface area is 164 Å². The number of hydrogen-bond donors (Lipinski definition) is 0. The number of halogens is 4. The maximum absolute atomic E-state index is 14.2. The summed E-state index contributed by atoms with van der Waals surface area (Å²) in [7, 11) is 1.54. The van der Waals surface area contributed by atoms with E-state index in [0.717, 1.165) is 17.6 Å². The molecule has 7 heteroatoms. The molecule has 0 saturated heterocycles. The molecule has 0 atom stereocenters. The van der Waals surface area contributed by atoms with Crippen LogP contribution < -0.4 is 4.74 Å². The lowest BCUT2D eigenvalue weighted by atomic mass is 10.1. The zero-order valence-electron chi connectivity index (χ0n) is 15.4. The molecule has 0 unspecified atom stereocenters. The van der Waals surface area contributed by atoms with Crippen molar-refractivity contribution < 1.29 is 22.3 Å². The second kappa shape index (κ2) is 7.24. The highest BCUT2D eigenvalue weighted by atomic mass is 19.4. The Morgan fingerprint density at radius 2 is 1.69 bits per heavy atom. The lowest BCUT2D eigenvalue weighted by Crippen LogP contribution is -2.06. The van der Waals surface area contributed by atoms with Gasteiger partial charge in [-0.15, -0.1) is 0 Å². The summed E-state index contributed by atoms with van der Waals surface area (Å²) >= 11 is 0. The first-order valence-corrected chi connectivity index (χ1v) is 8.82. The first kappa shape index (κ1) is 19.0.